The van der Waals surface area contributed by atoms with Crippen LogP contribution >= 0.6 is 0 Å². The van der Waals surface area contributed by atoms with Crippen LogP contribution in [0.4, 0.5) is 0 Å². The van der Waals surface area contributed by atoms with Crippen LogP contribution in [-0.2, 0) is 16.0 Å². The third-order valence-electron chi connectivity index (χ3n) is 3.90. The quantitative estimate of drug-likeness (QED) is 0.846. The first-order valence-electron chi connectivity index (χ1n) is 6.69. The molecule has 19 heavy (non-hydrogen) atoms. The van der Waals surface area contributed by atoms with Gasteiger partial charge in [-0.25, -0.2) is 0 Å². The average Bonchev–Trinajstić information content (AvgIpc) is 2.87. The molecule has 0 N–H and O–H groups in total. The zero-order valence-electron chi connectivity index (χ0n) is 11.1. The highest BCUT2D eigenvalue weighted by atomic mass is 16.5. The zero-order chi connectivity index (χ0) is 13.3. The fourth-order valence-electron chi connectivity index (χ4n) is 2.67. The predicted molar refractivity (Wildman–Crippen MR) is 74.0 cm³/mol. The Hall–Kier alpha value is -1.74. The highest BCUT2D eigenvalue weighted by molar-refractivity contribution is 5.93. The van der Waals surface area contributed by atoms with Gasteiger partial charge in [0.1, 0.15) is 5.60 Å². The maximum absolute atomic E-state index is 12.4. The summed E-state index contributed by atoms with van der Waals surface area (Å²) in [4.78, 5) is 16.8. The molecule has 1 atom stereocenters. The number of pyridine rings is 1. The van der Waals surface area contributed by atoms with E-state index in [1.54, 1.807) is 6.20 Å². The first-order valence-corrected chi connectivity index (χ1v) is 6.69. The molecule has 0 saturated carbocycles. The number of ether oxygens (including phenoxy) is 1. The molecule has 1 saturated heterocycles. The highest BCUT2D eigenvalue weighted by Crippen LogP contribution is 2.28. The maximum atomic E-state index is 12.4. The number of rotatable bonds is 3. The van der Waals surface area contributed by atoms with Crippen molar-refractivity contribution in [2.75, 3.05) is 6.61 Å². The molecule has 0 aliphatic carbocycles. The second-order valence-corrected chi connectivity index (χ2v) is 5.27. The van der Waals surface area contributed by atoms with Gasteiger partial charge in [-0.15, -0.1) is 0 Å². The number of aromatic nitrogens is 1. The fraction of sp³-hybridized carbons (Fsp3) is 0.375. The molecule has 1 fully saturated rings. The second-order valence-electron chi connectivity index (χ2n) is 5.27. The van der Waals surface area contributed by atoms with Crippen LogP contribution in [0.3, 0.4) is 0 Å². The molecule has 3 heteroatoms. The summed E-state index contributed by atoms with van der Waals surface area (Å²) in [5.41, 5.74) is 1.38. The monoisotopic (exact) mass is 255 g/mol. The number of nitrogens with zero attached hydrogens (tertiary/aromatic N) is 1. The van der Waals surface area contributed by atoms with Crippen molar-refractivity contribution in [3.05, 3.63) is 42.1 Å². The van der Waals surface area contributed by atoms with Gasteiger partial charge in [-0.1, -0.05) is 18.2 Å². The summed E-state index contributed by atoms with van der Waals surface area (Å²) in [5, 5.41) is 1.06. The number of carbonyl (C=O) groups is 1. The smallest absolute Gasteiger partial charge is 0.168 e. The van der Waals surface area contributed by atoms with Gasteiger partial charge in [0, 0.05) is 24.6 Å². The van der Waals surface area contributed by atoms with Crippen LogP contribution in [0.25, 0.3) is 10.9 Å². The maximum Gasteiger partial charge on any atom is 0.168 e. The SMILES string of the molecule is CC1(C(=O)Cc2ccnc3ccccc23)CCCO1. The first kappa shape index (κ1) is 12.3. The van der Waals surface area contributed by atoms with Gasteiger partial charge in [0.15, 0.2) is 5.78 Å². The molecule has 0 radical (unpaired) electrons. The predicted octanol–water partition coefficient (Wildman–Crippen LogP) is 2.92. The second kappa shape index (κ2) is 4.74. The van der Waals surface area contributed by atoms with Crippen molar-refractivity contribution in [1.82, 2.24) is 4.98 Å². The number of Topliss-reactive ketones (excluding diaryl/α,β-unsaturated/α-hetero) is 1. The van der Waals surface area contributed by atoms with E-state index in [2.05, 4.69) is 4.98 Å². The van der Waals surface area contributed by atoms with Crippen molar-refractivity contribution in [2.24, 2.45) is 0 Å². The number of hydrogen-bond donors (Lipinski definition) is 0. The van der Waals surface area contributed by atoms with Gasteiger partial charge in [0.25, 0.3) is 0 Å². The summed E-state index contributed by atoms with van der Waals surface area (Å²) in [5.74, 6) is 0.168. The van der Waals surface area contributed by atoms with Crippen molar-refractivity contribution < 1.29 is 9.53 Å². The molecule has 98 valence electrons. The lowest BCUT2D eigenvalue weighted by Crippen LogP contribution is -2.35. The standard InChI is InChI=1S/C16H17NO2/c1-16(8-4-10-19-16)15(18)11-12-7-9-17-14-6-3-2-5-13(12)14/h2-3,5-7,9H,4,8,10-11H2,1H3. The molecule has 0 spiro atoms. The van der Waals surface area contributed by atoms with E-state index in [9.17, 15) is 4.79 Å². The van der Waals surface area contributed by atoms with E-state index >= 15 is 0 Å². The van der Waals surface area contributed by atoms with E-state index < -0.39 is 5.60 Å². The number of hydrogen-bond acceptors (Lipinski definition) is 3. The number of ketones is 1. The molecular formula is C16H17NO2. The van der Waals surface area contributed by atoms with Crippen LogP contribution in [0.2, 0.25) is 0 Å². The minimum Gasteiger partial charge on any atom is -0.367 e. The Kier molecular flexibility index (Phi) is 3.07. The van der Waals surface area contributed by atoms with Crippen LogP contribution in [0, 0.1) is 0 Å². The average molecular weight is 255 g/mol. The first-order chi connectivity index (χ1) is 9.19. The number of para-hydroxylation sites is 1. The van der Waals surface area contributed by atoms with Gasteiger partial charge < -0.3 is 4.74 Å². The Morgan fingerprint density at radius 3 is 3.00 bits per heavy atom. The van der Waals surface area contributed by atoms with Gasteiger partial charge in [0.2, 0.25) is 0 Å². The Balaban J connectivity index is 1.91. The van der Waals surface area contributed by atoms with Crippen molar-refractivity contribution in [3.8, 4) is 0 Å². The molecule has 0 bridgehead atoms. The van der Waals surface area contributed by atoms with Gasteiger partial charge in [0.05, 0.1) is 5.52 Å². The van der Waals surface area contributed by atoms with Crippen molar-refractivity contribution in [3.63, 3.8) is 0 Å². The van der Waals surface area contributed by atoms with Gasteiger partial charge >= 0.3 is 0 Å². The summed E-state index contributed by atoms with van der Waals surface area (Å²) >= 11 is 0. The van der Waals surface area contributed by atoms with Crippen LogP contribution in [-0.4, -0.2) is 23.0 Å². The topological polar surface area (TPSA) is 39.2 Å². The molecule has 1 aromatic carbocycles. The van der Waals surface area contributed by atoms with E-state index in [0.717, 1.165) is 29.3 Å². The Morgan fingerprint density at radius 2 is 2.21 bits per heavy atom. The Labute approximate surface area is 112 Å². The largest absolute Gasteiger partial charge is 0.367 e. The molecule has 1 aliphatic rings. The van der Waals surface area contributed by atoms with E-state index in [0.29, 0.717) is 13.0 Å². The Morgan fingerprint density at radius 1 is 1.37 bits per heavy atom. The molecule has 1 unspecified atom stereocenters. The molecule has 2 heterocycles. The van der Waals surface area contributed by atoms with E-state index in [1.165, 1.54) is 0 Å². The lowest BCUT2D eigenvalue weighted by Gasteiger charge is -2.21. The summed E-state index contributed by atoms with van der Waals surface area (Å²) < 4.78 is 5.62. The van der Waals surface area contributed by atoms with Crippen molar-refractivity contribution in [1.29, 1.82) is 0 Å². The van der Waals surface area contributed by atoms with Gasteiger partial charge in [-0.2, -0.15) is 0 Å². The zero-order valence-corrected chi connectivity index (χ0v) is 11.1. The molecule has 0 amide bonds. The normalized spacial score (nSPS) is 22.8. The molecule has 3 nitrogen and oxygen atoms in total. The summed E-state index contributed by atoms with van der Waals surface area (Å²) in [6.45, 7) is 2.60. The summed E-state index contributed by atoms with van der Waals surface area (Å²) in [6, 6.07) is 9.85. The van der Waals surface area contributed by atoms with Crippen LogP contribution in [0.1, 0.15) is 25.3 Å². The molecule has 2 aromatic rings. The fourth-order valence-corrected chi connectivity index (χ4v) is 2.67. The minimum absolute atomic E-state index is 0.168. The number of carbonyl (C=O) groups excluding carboxylic acids is 1. The van der Waals surface area contributed by atoms with Crippen molar-refractivity contribution >= 4 is 16.7 Å². The minimum atomic E-state index is -0.593. The molecule has 3 rings (SSSR count). The summed E-state index contributed by atoms with van der Waals surface area (Å²) in [7, 11) is 0. The van der Waals surface area contributed by atoms with Gasteiger partial charge in [-0.3, -0.25) is 9.78 Å². The lowest BCUT2D eigenvalue weighted by atomic mass is 9.91. The van der Waals surface area contributed by atoms with Gasteiger partial charge in [-0.05, 0) is 37.5 Å². The summed E-state index contributed by atoms with van der Waals surface area (Å²) in [6.07, 6.45) is 3.98. The van der Waals surface area contributed by atoms with Crippen LogP contribution in [0.15, 0.2) is 36.5 Å². The third-order valence-corrected chi connectivity index (χ3v) is 3.90. The number of fused-ring (bicyclic) bond motifs is 1. The molecule has 1 aromatic heterocycles. The third kappa shape index (κ3) is 2.26. The van der Waals surface area contributed by atoms with E-state index in [1.807, 2.05) is 37.3 Å². The van der Waals surface area contributed by atoms with Crippen molar-refractivity contribution in [2.45, 2.75) is 31.8 Å². The molecular weight excluding hydrogens is 238 g/mol. The van der Waals surface area contributed by atoms with E-state index in [-0.39, 0.29) is 5.78 Å². The van der Waals surface area contributed by atoms with Crippen LogP contribution in [0.5, 0.6) is 0 Å². The highest BCUT2D eigenvalue weighted by Gasteiger charge is 2.37. The Bertz CT molecular complexity index is 610. The van der Waals surface area contributed by atoms with Crippen LogP contribution < -0.4 is 0 Å². The number of benzene rings is 1. The molecule has 1 aliphatic heterocycles. The van der Waals surface area contributed by atoms with E-state index in [4.69, 9.17) is 4.74 Å². The lowest BCUT2D eigenvalue weighted by molar-refractivity contribution is -0.136.